The first-order chi connectivity index (χ1) is 9.45. The van der Waals surface area contributed by atoms with Crippen LogP contribution in [0, 0.1) is 16.7 Å². The number of aliphatic hydroxyl groups is 1. The number of hydrogen-bond donors (Lipinski definition) is 1. The van der Waals surface area contributed by atoms with Gasteiger partial charge in [0.1, 0.15) is 0 Å². The van der Waals surface area contributed by atoms with Crippen molar-refractivity contribution in [2.45, 2.75) is 84.7 Å². The predicted molar refractivity (Wildman–Crippen MR) is 83.8 cm³/mol. The van der Waals surface area contributed by atoms with Crippen molar-refractivity contribution in [1.82, 2.24) is 0 Å². The van der Waals surface area contributed by atoms with Gasteiger partial charge in [0, 0.05) is 13.2 Å². The maximum absolute atomic E-state index is 9.89. The van der Waals surface area contributed by atoms with Crippen LogP contribution in [0.5, 0.6) is 0 Å². The van der Waals surface area contributed by atoms with E-state index >= 15 is 0 Å². The summed E-state index contributed by atoms with van der Waals surface area (Å²) in [5.41, 5.74) is 0.652. The summed E-state index contributed by atoms with van der Waals surface area (Å²) in [4.78, 5) is 0. The number of aliphatic hydroxyl groups excluding tert-OH is 1. The topological polar surface area (TPSA) is 29.5 Å². The van der Waals surface area contributed by atoms with Gasteiger partial charge in [-0.2, -0.15) is 0 Å². The van der Waals surface area contributed by atoms with Crippen LogP contribution in [0.1, 0.15) is 78.6 Å². The smallest absolute Gasteiger partial charge is 0.0576 e. The Kier molecular flexibility index (Phi) is 5.53. The van der Waals surface area contributed by atoms with Crippen molar-refractivity contribution in [2.75, 3.05) is 13.2 Å². The molecule has 1 atom stereocenters. The lowest BCUT2D eigenvalue weighted by molar-refractivity contribution is 0.0241. The van der Waals surface area contributed by atoms with E-state index in [0.29, 0.717) is 18.1 Å². The SMILES string of the molecule is CC(C)(C)C1CCC(CO)(CCCC2CCCO2)CC1. The molecule has 2 rings (SSSR count). The molecule has 0 aromatic heterocycles. The van der Waals surface area contributed by atoms with Crippen LogP contribution in [0.2, 0.25) is 0 Å². The predicted octanol–water partition coefficient (Wildman–Crippen LogP) is 4.55. The van der Waals surface area contributed by atoms with E-state index in [4.69, 9.17) is 4.74 Å². The minimum absolute atomic E-state index is 0.223. The highest BCUT2D eigenvalue weighted by Gasteiger charge is 2.38. The number of hydrogen-bond acceptors (Lipinski definition) is 2. The Hall–Kier alpha value is -0.0800. The number of ether oxygens (including phenoxy) is 1. The third-order valence-electron chi connectivity index (χ3n) is 5.86. The Morgan fingerprint density at radius 1 is 1.15 bits per heavy atom. The van der Waals surface area contributed by atoms with E-state index in [1.165, 1.54) is 57.8 Å². The highest BCUT2D eigenvalue weighted by atomic mass is 16.5. The maximum atomic E-state index is 9.89. The highest BCUT2D eigenvalue weighted by molar-refractivity contribution is 4.89. The molecule has 2 nitrogen and oxygen atoms in total. The molecule has 2 aliphatic rings. The van der Waals surface area contributed by atoms with Gasteiger partial charge >= 0.3 is 0 Å². The molecule has 0 amide bonds. The van der Waals surface area contributed by atoms with E-state index < -0.39 is 0 Å². The van der Waals surface area contributed by atoms with E-state index in [1.54, 1.807) is 0 Å². The Balaban J connectivity index is 1.76. The van der Waals surface area contributed by atoms with Crippen LogP contribution >= 0.6 is 0 Å². The van der Waals surface area contributed by atoms with E-state index in [2.05, 4.69) is 20.8 Å². The molecular weight excluding hydrogens is 248 g/mol. The van der Waals surface area contributed by atoms with Gasteiger partial charge in [-0.25, -0.2) is 0 Å². The van der Waals surface area contributed by atoms with Crippen molar-refractivity contribution in [3.05, 3.63) is 0 Å². The normalized spacial score (nSPS) is 35.4. The van der Waals surface area contributed by atoms with Crippen LogP contribution in [-0.2, 0) is 4.74 Å². The molecular formula is C18H34O2. The second-order valence-electron chi connectivity index (χ2n) is 8.33. The van der Waals surface area contributed by atoms with Gasteiger partial charge in [-0.3, -0.25) is 0 Å². The maximum Gasteiger partial charge on any atom is 0.0576 e. The van der Waals surface area contributed by atoms with E-state index in [9.17, 15) is 5.11 Å². The van der Waals surface area contributed by atoms with Crippen LogP contribution in [0.15, 0.2) is 0 Å². The Morgan fingerprint density at radius 3 is 2.35 bits per heavy atom. The molecule has 2 fully saturated rings. The third-order valence-corrected chi connectivity index (χ3v) is 5.86. The first-order valence-electron chi connectivity index (χ1n) is 8.68. The third kappa shape index (κ3) is 4.21. The van der Waals surface area contributed by atoms with Gasteiger partial charge in [-0.05, 0) is 68.1 Å². The molecule has 0 radical (unpaired) electrons. The standard InChI is InChI=1S/C18H34O2/c1-17(2,3)15-8-11-18(14-19,12-9-15)10-4-6-16-7-5-13-20-16/h15-16,19H,4-14H2,1-3H3. The molecule has 1 saturated heterocycles. The molecule has 2 heteroatoms. The molecule has 118 valence electrons. The first kappa shape index (κ1) is 16.3. The molecule has 0 aromatic carbocycles. The minimum Gasteiger partial charge on any atom is -0.396 e. The average Bonchev–Trinajstić information content (AvgIpc) is 2.91. The summed E-state index contributed by atoms with van der Waals surface area (Å²) in [6.07, 6.45) is 11.6. The molecule has 1 unspecified atom stereocenters. The molecule has 0 aromatic rings. The lowest BCUT2D eigenvalue weighted by Gasteiger charge is -2.43. The fourth-order valence-electron chi connectivity index (χ4n) is 4.16. The van der Waals surface area contributed by atoms with Crippen LogP contribution in [0.3, 0.4) is 0 Å². The van der Waals surface area contributed by atoms with Gasteiger partial charge in [0.05, 0.1) is 6.10 Å². The van der Waals surface area contributed by atoms with Gasteiger partial charge in [-0.1, -0.05) is 27.2 Å². The van der Waals surface area contributed by atoms with Crippen LogP contribution in [-0.4, -0.2) is 24.4 Å². The highest BCUT2D eigenvalue weighted by Crippen LogP contribution is 2.47. The van der Waals surface area contributed by atoms with Gasteiger partial charge in [-0.15, -0.1) is 0 Å². The summed E-state index contributed by atoms with van der Waals surface area (Å²) in [7, 11) is 0. The molecule has 1 heterocycles. The van der Waals surface area contributed by atoms with E-state index in [-0.39, 0.29) is 5.41 Å². The van der Waals surface area contributed by atoms with Crippen molar-refractivity contribution in [2.24, 2.45) is 16.7 Å². The zero-order chi connectivity index (χ0) is 14.6. The molecule has 1 saturated carbocycles. The summed E-state index contributed by atoms with van der Waals surface area (Å²) in [5.74, 6) is 0.834. The van der Waals surface area contributed by atoms with Crippen molar-refractivity contribution in [1.29, 1.82) is 0 Å². The summed E-state index contributed by atoms with van der Waals surface area (Å²) in [5, 5.41) is 9.89. The van der Waals surface area contributed by atoms with Gasteiger partial charge < -0.3 is 9.84 Å². The van der Waals surface area contributed by atoms with Crippen molar-refractivity contribution in [3.8, 4) is 0 Å². The van der Waals surface area contributed by atoms with Crippen molar-refractivity contribution in [3.63, 3.8) is 0 Å². The molecule has 20 heavy (non-hydrogen) atoms. The summed E-state index contributed by atoms with van der Waals surface area (Å²) < 4.78 is 5.71. The van der Waals surface area contributed by atoms with Crippen LogP contribution in [0.4, 0.5) is 0 Å². The van der Waals surface area contributed by atoms with Gasteiger partial charge in [0.2, 0.25) is 0 Å². The molecule has 1 N–H and O–H groups in total. The van der Waals surface area contributed by atoms with E-state index in [0.717, 1.165) is 12.5 Å². The lowest BCUT2D eigenvalue weighted by Crippen LogP contribution is -2.35. The van der Waals surface area contributed by atoms with E-state index in [1.807, 2.05) is 0 Å². The minimum atomic E-state index is 0.223. The molecule has 0 bridgehead atoms. The van der Waals surface area contributed by atoms with Crippen molar-refractivity contribution >= 4 is 0 Å². The second-order valence-corrected chi connectivity index (χ2v) is 8.33. The monoisotopic (exact) mass is 282 g/mol. The summed E-state index contributed by atoms with van der Waals surface area (Å²) in [6.45, 7) is 8.43. The zero-order valence-electron chi connectivity index (χ0n) is 13.8. The fourth-order valence-corrected chi connectivity index (χ4v) is 4.16. The van der Waals surface area contributed by atoms with Crippen LogP contribution < -0.4 is 0 Å². The van der Waals surface area contributed by atoms with Gasteiger partial charge in [0.15, 0.2) is 0 Å². The van der Waals surface area contributed by atoms with Gasteiger partial charge in [0.25, 0.3) is 0 Å². The largest absolute Gasteiger partial charge is 0.396 e. The lowest BCUT2D eigenvalue weighted by atomic mass is 9.63. The first-order valence-corrected chi connectivity index (χ1v) is 8.68. The fraction of sp³-hybridized carbons (Fsp3) is 1.00. The number of rotatable bonds is 5. The molecule has 0 spiro atoms. The molecule has 1 aliphatic heterocycles. The average molecular weight is 282 g/mol. The Labute approximate surface area is 125 Å². The second kappa shape index (κ2) is 6.79. The summed E-state index contributed by atoms with van der Waals surface area (Å²) in [6, 6.07) is 0. The summed E-state index contributed by atoms with van der Waals surface area (Å²) >= 11 is 0. The van der Waals surface area contributed by atoms with Crippen molar-refractivity contribution < 1.29 is 9.84 Å². The quantitative estimate of drug-likeness (QED) is 0.801. The Bertz CT molecular complexity index is 278. The Morgan fingerprint density at radius 2 is 1.85 bits per heavy atom. The van der Waals surface area contributed by atoms with Crippen LogP contribution in [0.25, 0.3) is 0 Å². The molecule has 1 aliphatic carbocycles. The zero-order valence-corrected chi connectivity index (χ0v) is 13.8.